The van der Waals surface area contributed by atoms with Crippen LogP contribution in [0.1, 0.15) is 24.0 Å². The zero-order valence-corrected chi connectivity index (χ0v) is 14.8. The minimum Gasteiger partial charge on any atom is -0.384 e. The molecule has 0 fully saturated rings. The van der Waals surface area contributed by atoms with E-state index in [1.807, 2.05) is 0 Å². The minimum atomic E-state index is -4.42. The zero-order chi connectivity index (χ0) is 20.4. The molecule has 0 aliphatic rings. The molecule has 0 amide bonds. The van der Waals surface area contributed by atoms with Crippen LogP contribution in [0.3, 0.4) is 0 Å². The fraction of sp³-hybridized carbons (Fsp3) is 0.250. The first-order valence-corrected chi connectivity index (χ1v) is 9.16. The third kappa shape index (κ3) is 5.41. The third-order valence-corrected chi connectivity index (χ3v) is 4.74. The van der Waals surface area contributed by atoms with E-state index in [4.69, 9.17) is 5.14 Å². The number of nitrogens with one attached hydrogen (secondary N) is 1. The summed E-state index contributed by atoms with van der Waals surface area (Å²) in [5.41, 5.74) is -0.436. The van der Waals surface area contributed by atoms with Gasteiger partial charge in [-0.25, -0.2) is 13.6 Å². The number of alkyl halides is 3. The van der Waals surface area contributed by atoms with Crippen LogP contribution in [-0.4, -0.2) is 19.9 Å². The molecule has 0 radical (unpaired) electrons. The van der Waals surface area contributed by atoms with Crippen molar-refractivity contribution in [3.8, 4) is 0 Å². The molecule has 27 heavy (non-hydrogen) atoms. The number of nitrogens with two attached hydrogens (primary N) is 1. The maximum absolute atomic E-state index is 12.6. The van der Waals surface area contributed by atoms with Gasteiger partial charge in [0.15, 0.2) is 0 Å². The van der Waals surface area contributed by atoms with Crippen LogP contribution in [0.4, 0.5) is 24.5 Å². The molecule has 1 unspecified atom stereocenters. The van der Waals surface area contributed by atoms with Gasteiger partial charge in [0.25, 0.3) is 5.69 Å². The van der Waals surface area contributed by atoms with Crippen molar-refractivity contribution in [1.82, 2.24) is 0 Å². The van der Waals surface area contributed by atoms with Crippen molar-refractivity contribution in [2.75, 3.05) is 11.9 Å². The summed E-state index contributed by atoms with van der Waals surface area (Å²) >= 11 is 0. The van der Waals surface area contributed by atoms with E-state index in [0.29, 0.717) is 5.56 Å². The molecule has 11 heteroatoms. The summed E-state index contributed by atoms with van der Waals surface area (Å²) in [4.78, 5) is 9.79. The van der Waals surface area contributed by atoms with Gasteiger partial charge in [-0.3, -0.25) is 10.1 Å². The largest absolute Gasteiger partial charge is 0.416 e. The van der Waals surface area contributed by atoms with Crippen LogP contribution in [0.5, 0.6) is 0 Å². The molecule has 7 nitrogen and oxygen atoms in total. The normalized spacial score (nSPS) is 13.2. The van der Waals surface area contributed by atoms with Crippen molar-refractivity contribution < 1.29 is 26.5 Å². The Morgan fingerprint density at radius 2 is 1.78 bits per heavy atom. The van der Waals surface area contributed by atoms with Crippen LogP contribution in [0.15, 0.2) is 47.4 Å². The Bertz CT molecular complexity index is 944. The van der Waals surface area contributed by atoms with Crippen molar-refractivity contribution >= 4 is 21.4 Å². The van der Waals surface area contributed by atoms with Gasteiger partial charge in [-0.05, 0) is 29.7 Å². The highest BCUT2D eigenvalue weighted by atomic mass is 32.2. The van der Waals surface area contributed by atoms with E-state index in [1.165, 1.54) is 12.1 Å². The molecule has 3 N–H and O–H groups in total. The molecule has 0 aliphatic carbocycles. The van der Waals surface area contributed by atoms with Crippen LogP contribution in [0, 0.1) is 10.1 Å². The highest BCUT2D eigenvalue weighted by Gasteiger charge is 2.30. The first-order valence-electron chi connectivity index (χ1n) is 7.61. The number of benzene rings is 2. The number of hydrogen-bond donors (Lipinski definition) is 2. The number of hydrogen-bond acceptors (Lipinski definition) is 5. The smallest absolute Gasteiger partial charge is 0.384 e. The van der Waals surface area contributed by atoms with Gasteiger partial charge >= 0.3 is 6.18 Å². The second-order valence-electron chi connectivity index (χ2n) is 5.92. The molecular formula is C16H16F3N3O4S. The maximum Gasteiger partial charge on any atom is 0.416 e. The zero-order valence-electron chi connectivity index (χ0n) is 14.0. The van der Waals surface area contributed by atoms with E-state index in [0.717, 1.165) is 30.3 Å². The first-order chi connectivity index (χ1) is 12.4. The van der Waals surface area contributed by atoms with E-state index in [1.54, 1.807) is 6.92 Å². The highest BCUT2D eigenvalue weighted by Crippen LogP contribution is 2.30. The Morgan fingerprint density at radius 1 is 1.19 bits per heavy atom. The number of sulfonamides is 1. The summed E-state index contributed by atoms with van der Waals surface area (Å²) in [5.74, 6) is -0.246. The quantitative estimate of drug-likeness (QED) is 0.566. The van der Waals surface area contributed by atoms with Gasteiger partial charge < -0.3 is 5.32 Å². The topological polar surface area (TPSA) is 115 Å². The van der Waals surface area contributed by atoms with E-state index in [2.05, 4.69) is 5.32 Å². The number of non-ortho nitro benzene ring substituents is 1. The van der Waals surface area contributed by atoms with Gasteiger partial charge in [-0.15, -0.1) is 0 Å². The highest BCUT2D eigenvalue weighted by molar-refractivity contribution is 7.89. The Morgan fingerprint density at radius 3 is 2.26 bits per heavy atom. The number of nitro groups is 1. The lowest BCUT2D eigenvalue weighted by molar-refractivity contribution is -0.385. The third-order valence-electron chi connectivity index (χ3n) is 3.85. The minimum absolute atomic E-state index is 0.159. The van der Waals surface area contributed by atoms with Gasteiger partial charge in [0.05, 0.1) is 15.4 Å². The molecular weight excluding hydrogens is 387 g/mol. The molecule has 2 aromatic rings. The van der Waals surface area contributed by atoms with E-state index in [9.17, 15) is 31.7 Å². The lowest BCUT2D eigenvalue weighted by atomic mass is 9.99. The van der Waals surface area contributed by atoms with Crippen molar-refractivity contribution in [3.63, 3.8) is 0 Å². The molecule has 0 aliphatic heterocycles. The summed E-state index contributed by atoms with van der Waals surface area (Å²) < 4.78 is 60.7. The summed E-state index contributed by atoms with van der Waals surface area (Å²) in [5, 5.41) is 18.8. The van der Waals surface area contributed by atoms with Crippen LogP contribution in [-0.2, 0) is 16.2 Å². The molecule has 0 aromatic heterocycles. The fourth-order valence-electron chi connectivity index (χ4n) is 2.34. The number of halogens is 3. The molecule has 0 spiro atoms. The molecule has 0 heterocycles. The van der Waals surface area contributed by atoms with Gasteiger partial charge in [0.1, 0.15) is 0 Å². The average Bonchev–Trinajstić information content (AvgIpc) is 2.58. The SMILES string of the molecule is CC(CNc1cc([N+](=O)[O-])cc(S(N)(=O)=O)c1)c1ccc(C(F)(F)F)cc1. The van der Waals surface area contributed by atoms with Gasteiger partial charge in [-0.1, -0.05) is 19.1 Å². The van der Waals surface area contributed by atoms with Crippen LogP contribution >= 0.6 is 0 Å². The van der Waals surface area contributed by atoms with Crippen LogP contribution < -0.4 is 10.5 Å². The monoisotopic (exact) mass is 403 g/mol. The molecule has 2 aromatic carbocycles. The van der Waals surface area contributed by atoms with Crippen molar-refractivity contribution in [3.05, 3.63) is 63.7 Å². The average molecular weight is 403 g/mol. The molecule has 0 saturated carbocycles. The van der Waals surface area contributed by atoms with E-state index in [-0.39, 0.29) is 18.2 Å². The van der Waals surface area contributed by atoms with Crippen molar-refractivity contribution in [1.29, 1.82) is 0 Å². The van der Waals surface area contributed by atoms with Gasteiger partial charge in [0.2, 0.25) is 10.0 Å². The van der Waals surface area contributed by atoms with Gasteiger partial charge in [-0.2, -0.15) is 13.2 Å². The van der Waals surface area contributed by atoms with Gasteiger partial charge in [0, 0.05) is 24.4 Å². The number of rotatable bonds is 6. The number of nitro benzene ring substituents is 1. The maximum atomic E-state index is 12.6. The summed E-state index contributed by atoms with van der Waals surface area (Å²) in [6.07, 6.45) is -4.42. The molecule has 2 rings (SSSR count). The second-order valence-corrected chi connectivity index (χ2v) is 7.48. The summed E-state index contributed by atoms with van der Waals surface area (Å²) in [7, 11) is -4.14. The Balaban J connectivity index is 2.18. The number of anilines is 1. The molecule has 0 bridgehead atoms. The summed E-state index contributed by atoms with van der Waals surface area (Å²) in [6, 6.07) is 7.78. The van der Waals surface area contributed by atoms with E-state index < -0.39 is 37.3 Å². The predicted octanol–water partition coefficient (Wildman–Crippen LogP) is 3.48. The Labute approximate surface area is 153 Å². The molecule has 0 saturated heterocycles. The molecule has 146 valence electrons. The predicted molar refractivity (Wildman–Crippen MR) is 92.8 cm³/mol. The first kappa shape index (κ1) is 20.6. The lowest BCUT2D eigenvalue weighted by Gasteiger charge is -2.15. The Hall–Kier alpha value is -2.66. The Kier molecular flexibility index (Phi) is 5.76. The summed E-state index contributed by atoms with van der Waals surface area (Å²) in [6.45, 7) is 1.95. The fourth-order valence-corrected chi connectivity index (χ4v) is 2.92. The number of primary sulfonamides is 1. The van der Waals surface area contributed by atoms with Crippen LogP contribution in [0.2, 0.25) is 0 Å². The standard InChI is InChI=1S/C16H16F3N3O4S/c1-10(11-2-4-12(5-3-11)16(17,18)19)9-21-13-6-14(22(23)24)8-15(7-13)27(20,25)26/h2-8,10,21H,9H2,1H3,(H2,20,25,26). The van der Waals surface area contributed by atoms with Crippen molar-refractivity contribution in [2.24, 2.45) is 5.14 Å². The van der Waals surface area contributed by atoms with Crippen LogP contribution in [0.25, 0.3) is 0 Å². The molecule has 1 atom stereocenters. The number of nitrogens with zero attached hydrogens (tertiary/aromatic N) is 1. The van der Waals surface area contributed by atoms with Crippen molar-refractivity contribution in [2.45, 2.75) is 23.9 Å². The lowest BCUT2D eigenvalue weighted by Crippen LogP contribution is -2.14. The van der Waals surface area contributed by atoms with E-state index >= 15 is 0 Å². The second kappa shape index (κ2) is 7.53.